The monoisotopic (exact) mass is 227 g/mol. The van der Waals surface area contributed by atoms with E-state index in [1.807, 2.05) is 0 Å². The minimum absolute atomic E-state index is 0.240. The molecule has 82 valence electrons. The van der Waals surface area contributed by atoms with E-state index in [9.17, 15) is 26.5 Å². The number of hydrogen-bond acceptors (Lipinski definition) is 4. The van der Waals surface area contributed by atoms with Gasteiger partial charge in [-0.1, -0.05) is 12.8 Å². The standard InChI is InChI=1S/C7H10F2O4S/c8-7(9,14(11,12)13)6(10)5-3-1-2-4-5/h5H,1-4H2,(H,11,12,13)/p-1. The fourth-order valence-corrected chi connectivity index (χ4v) is 1.96. The Morgan fingerprint density at radius 2 is 1.71 bits per heavy atom. The molecule has 0 aliphatic heterocycles. The van der Waals surface area contributed by atoms with Gasteiger partial charge in [-0.05, 0) is 12.8 Å². The molecule has 0 radical (unpaired) electrons. The Labute approximate surface area is 80.0 Å². The number of carbonyl (C=O) groups excluding carboxylic acids is 1. The summed E-state index contributed by atoms with van der Waals surface area (Å²) in [5.41, 5.74) is 0. The molecule has 0 aromatic rings. The van der Waals surface area contributed by atoms with E-state index < -0.39 is 27.1 Å². The van der Waals surface area contributed by atoms with Crippen molar-refractivity contribution >= 4 is 15.9 Å². The first-order chi connectivity index (χ1) is 6.27. The first kappa shape index (κ1) is 11.5. The highest BCUT2D eigenvalue weighted by molar-refractivity contribution is 7.87. The third-order valence-electron chi connectivity index (χ3n) is 2.33. The first-order valence-corrected chi connectivity index (χ1v) is 5.55. The van der Waals surface area contributed by atoms with E-state index >= 15 is 0 Å². The second kappa shape index (κ2) is 3.54. The molecule has 1 rings (SSSR count). The van der Waals surface area contributed by atoms with Crippen molar-refractivity contribution in [2.45, 2.75) is 30.9 Å². The van der Waals surface area contributed by atoms with Gasteiger partial charge in [-0.3, -0.25) is 4.79 Å². The zero-order chi connectivity index (χ0) is 11.0. The van der Waals surface area contributed by atoms with Crippen molar-refractivity contribution < 1.29 is 26.5 Å². The summed E-state index contributed by atoms with van der Waals surface area (Å²) in [6, 6.07) is 0. The van der Waals surface area contributed by atoms with Gasteiger partial charge in [0, 0.05) is 5.92 Å². The van der Waals surface area contributed by atoms with Crippen molar-refractivity contribution in [2.24, 2.45) is 5.92 Å². The number of hydrogen-bond donors (Lipinski definition) is 0. The molecule has 0 spiro atoms. The molecule has 0 amide bonds. The molecular formula is C7H9F2O4S-. The zero-order valence-corrected chi connectivity index (χ0v) is 8.02. The molecule has 0 unspecified atom stereocenters. The van der Waals surface area contributed by atoms with Crippen LogP contribution in [-0.4, -0.2) is 24.0 Å². The highest BCUT2D eigenvalue weighted by Crippen LogP contribution is 2.33. The third-order valence-corrected chi connectivity index (χ3v) is 3.16. The van der Waals surface area contributed by atoms with E-state index in [-0.39, 0.29) is 12.8 Å². The SMILES string of the molecule is O=C(C1CCCC1)C(F)(F)S(=O)(=O)[O-]. The molecule has 1 aliphatic rings. The van der Waals surface area contributed by atoms with Crippen LogP contribution in [0.25, 0.3) is 0 Å². The highest BCUT2D eigenvalue weighted by atomic mass is 32.2. The second-order valence-electron chi connectivity index (χ2n) is 3.32. The molecule has 1 aliphatic carbocycles. The molecule has 0 bridgehead atoms. The maximum absolute atomic E-state index is 12.7. The lowest BCUT2D eigenvalue weighted by Gasteiger charge is -2.21. The van der Waals surface area contributed by atoms with Gasteiger partial charge >= 0.3 is 5.25 Å². The normalized spacial score (nSPS) is 19.9. The van der Waals surface area contributed by atoms with Crippen LogP contribution in [0.3, 0.4) is 0 Å². The fourth-order valence-electron chi connectivity index (χ4n) is 1.55. The number of alkyl halides is 2. The van der Waals surface area contributed by atoms with Crippen LogP contribution >= 0.6 is 0 Å². The summed E-state index contributed by atoms with van der Waals surface area (Å²) in [5, 5.41) is -4.76. The topological polar surface area (TPSA) is 74.3 Å². The van der Waals surface area contributed by atoms with Crippen LogP contribution in [0.2, 0.25) is 0 Å². The fraction of sp³-hybridized carbons (Fsp3) is 0.857. The zero-order valence-electron chi connectivity index (χ0n) is 7.20. The van der Waals surface area contributed by atoms with Crippen molar-refractivity contribution in [1.29, 1.82) is 0 Å². The van der Waals surface area contributed by atoms with E-state index in [2.05, 4.69) is 0 Å². The average Bonchev–Trinajstić information content (AvgIpc) is 2.52. The van der Waals surface area contributed by atoms with Crippen molar-refractivity contribution in [1.82, 2.24) is 0 Å². The molecule has 0 aromatic carbocycles. The summed E-state index contributed by atoms with van der Waals surface area (Å²) in [5.74, 6) is -2.72. The molecule has 0 aromatic heterocycles. The van der Waals surface area contributed by atoms with Gasteiger partial charge in [-0.15, -0.1) is 0 Å². The maximum Gasteiger partial charge on any atom is 0.391 e. The molecular weight excluding hydrogens is 218 g/mol. The van der Waals surface area contributed by atoms with Crippen molar-refractivity contribution in [3.8, 4) is 0 Å². The van der Waals surface area contributed by atoms with Gasteiger partial charge in [0.2, 0.25) is 5.78 Å². The summed E-state index contributed by atoms with van der Waals surface area (Å²) in [4.78, 5) is 11.0. The Kier molecular flexibility index (Phi) is 2.91. The summed E-state index contributed by atoms with van der Waals surface area (Å²) in [6.07, 6.45) is 1.71. The predicted octanol–water partition coefficient (Wildman–Crippen LogP) is 0.884. The Morgan fingerprint density at radius 1 is 1.29 bits per heavy atom. The molecule has 1 fully saturated rings. The van der Waals surface area contributed by atoms with Gasteiger partial charge in [0.1, 0.15) is 0 Å². The van der Waals surface area contributed by atoms with E-state index in [1.54, 1.807) is 0 Å². The lowest BCUT2D eigenvalue weighted by atomic mass is 10.0. The lowest BCUT2D eigenvalue weighted by molar-refractivity contribution is -0.137. The van der Waals surface area contributed by atoms with Crippen molar-refractivity contribution in [3.05, 3.63) is 0 Å². The molecule has 4 nitrogen and oxygen atoms in total. The molecule has 0 atom stereocenters. The number of rotatable bonds is 3. The minimum atomic E-state index is -5.87. The maximum atomic E-state index is 12.7. The Bertz CT molecular complexity index is 330. The first-order valence-electron chi connectivity index (χ1n) is 4.14. The molecule has 0 saturated heterocycles. The van der Waals surface area contributed by atoms with Crippen LogP contribution in [0.15, 0.2) is 0 Å². The molecule has 14 heavy (non-hydrogen) atoms. The number of Topliss-reactive ketones (excluding diaryl/α,β-unsaturated/α-hetero) is 1. The molecule has 0 heterocycles. The van der Waals surface area contributed by atoms with Gasteiger partial charge in [-0.25, -0.2) is 8.42 Å². The van der Waals surface area contributed by atoms with Gasteiger partial charge in [0.05, 0.1) is 0 Å². The van der Waals surface area contributed by atoms with E-state index in [1.165, 1.54) is 0 Å². The third kappa shape index (κ3) is 1.93. The van der Waals surface area contributed by atoms with E-state index in [0.29, 0.717) is 12.8 Å². The second-order valence-corrected chi connectivity index (χ2v) is 4.74. The van der Waals surface area contributed by atoms with Crippen molar-refractivity contribution in [2.75, 3.05) is 0 Å². The number of halogens is 2. The Morgan fingerprint density at radius 3 is 2.07 bits per heavy atom. The summed E-state index contributed by atoms with van der Waals surface area (Å²) in [6.45, 7) is 0. The highest BCUT2D eigenvalue weighted by Gasteiger charge is 2.49. The van der Waals surface area contributed by atoms with Crippen molar-refractivity contribution in [3.63, 3.8) is 0 Å². The van der Waals surface area contributed by atoms with Gasteiger partial charge in [-0.2, -0.15) is 8.78 Å². The number of ketones is 1. The van der Waals surface area contributed by atoms with Crippen LogP contribution in [0.1, 0.15) is 25.7 Å². The van der Waals surface area contributed by atoms with Crippen LogP contribution in [-0.2, 0) is 14.9 Å². The van der Waals surface area contributed by atoms with Crippen LogP contribution < -0.4 is 0 Å². The largest absolute Gasteiger partial charge is 0.743 e. The van der Waals surface area contributed by atoms with Crippen LogP contribution in [0.5, 0.6) is 0 Å². The Hall–Kier alpha value is -0.560. The van der Waals surface area contributed by atoms with Gasteiger partial charge in [0.25, 0.3) is 0 Å². The molecule has 7 heteroatoms. The summed E-state index contributed by atoms with van der Waals surface area (Å²) < 4.78 is 55.8. The van der Waals surface area contributed by atoms with Gasteiger partial charge < -0.3 is 4.55 Å². The Balaban J connectivity index is 2.87. The summed E-state index contributed by atoms with van der Waals surface area (Å²) >= 11 is 0. The van der Waals surface area contributed by atoms with E-state index in [0.717, 1.165) is 0 Å². The molecule has 0 N–H and O–H groups in total. The van der Waals surface area contributed by atoms with Crippen LogP contribution in [0, 0.1) is 5.92 Å². The summed E-state index contributed by atoms with van der Waals surface area (Å²) in [7, 11) is -5.87. The quantitative estimate of drug-likeness (QED) is 0.671. The smallest absolute Gasteiger partial charge is 0.391 e. The average molecular weight is 227 g/mol. The predicted molar refractivity (Wildman–Crippen MR) is 41.6 cm³/mol. The number of carbonyl (C=O) groups is 1. The van der Waals surface area contributed by atoms with Gasteiger partial charge in [0.15, 0.2) is 10.1 Å². The van der Waals surface area contributed by atoms with Crippen LogP contribution in [0.4, 0.5) is 8.78 Å². The minimum Gasteiger partial charge on any atom is -0.743 e. The molecule has 1 saturated carbocycles. The lowest BCUT2D eigenvalue weighted by Crippen LogP contribution is -2.41. The van der Waals surface area contributed by atoms with E-state index in [4.69, 9.17) is 0 Å².